The number of halogens is 1. The van der Waals surface area contributed by atoms with E-state index in [1.165, 1.54) is 6.07 Å². The van der Waals surface area contributed by atoms with Gasteiger partial charge in [0, 0.05) is 36.8 Å². The Morgan fingerprint density at radius 3 is 2.13 bits per heavy atom. The predicted molar refractivity (Wildman–Crippen MR) is 172 cm³/mol. The maximum Gasteiger partial charge on any atom is 0.324 e. The van der Waals surface area contributed by atoms with E-state index in [0.717, 1.165) is 30.7 Å². The normalized spacial score (nSPS) is 14.6. The number of ketones is 1. The van der Waals surface area contributed by atoms with E-state index in [0.29, 0.717) is 28.8 Å². The maximum absolute atomic E-state index is 14.0. The molecule has 0 saturated carbocycles. The number of rotatable bonds is 11. The summed E-state index contributed by atoms with van der Waals surface area (Å²) in [6.45, 7) is 11.7. The van der Waals surface area contributed by atoms with Crippen molar-refractivity contribution in [3.8, 4) is 5.75 Å². The number of hydrogen-bond acceptors (Lipinski definition) is 10. The Bertz CT molecular complexity index is 1590. The number of aryl methyl sites for hydroxylation is 1. The van der Waals surface area contributed by atoms with Gasteiger partial charge in [0.2, 0.25) is 0 Å². The molecule has 11 nitrogen and oxygen atoms in total. The summed E-state index contributed by atoms with van der Waals surface area (Å²) in [5.41, 5.74) is -4.00. The van der Waals surface area contributed by atoms with Gasteiger partial charge in [-0.3, -0.25) is 19.2 Å². The Morgan fingerprint density at radius 1 is 0.935 bits per heavy atom. The fourth-order valence-electron chi connectivity index (χ4n) is 5.00. The zero-order chi connectivity index (χ0) is 33.7. The van der Waals surface area contributed by atoms with Crippen LogP contribution in [0.25, 0.3) is 10.9 Å². The molecule has 1 aliphatic heterocycles. The summed E-state index contributed by atoms with van der Waals surface area (Å²) in [5, 5.41) is 8.66. The monoisotopic (exact) mass is 655 g/mol. The van der Waals surface area contributed by atoms with Crippen LogP contribution < -0.4 is 10.3 Å². The van der Waals surface area contributed by atoms with Gasteiger partial charge in [-0.05, 0) is 109 Å². The lowest BCUT2D eigenvalue weighted by atomic mass is 9.78. The summed E-state index contributed by atoms with van der Waals surface area (Å²) >= 11 is 6.11. The number of Topliss-reactive ketones (excluding diaryl/α,β-unsaturated/α-hetero) is 1. The second-order valence-electron chi connectivity index (χ2n) is 13.6. The number of nitrogens with zero attached hydrogens (tertiary/aromatic N) is 3. The number of carbonyl (C=O) groups excluding carboxylic acids is 3. The molecular formula is C34H42ClN3O8. The first-order chi connectivity index (χ1) is 21.6. The number of ether oxygens (including phenoxy) is 4. The van der Waals surface area contributed by atoms with Gasteiger partial charge in [-0.15, -0.1) is 5.10 Å². The molecule has 1 aliphatic rings. The highest BCUT2D eigenvalue weighted by Crippen LogP contribution is 2.36. The fraction of sp³-hybridized carbons (Fsp3) is 0.529. The first kappa shape index (κ1) is 35.0. The van der Waals surface area contributed by atoms with E-state index in [1.807, 2.05) is 0 Å². The molecule has 248 valence electrons. The SMILES string of the molecule is CC(C)(C)OC(=O)C(CCn1nnc2ccc(Cl)cc2c1=O)(CC(=O)c1ccc(OCC2CCOCC2)cc1)C(=O)OC(C)(C)C. The van der Waals surface area contributed by atoms with Crippen molar-refractivity contribution in [1.29, 1.82) is 0 Å². The minimum absolute atomic E-state index is 0.220. The van der Waals surface area contributed by atoms with Gasteiger partial charge >= 0.3 is 11.9 Å². The number of fused-ring (bicyclic) bond motifs is 1. The van der Waals surface area contributed by atoms with Gasteiger partial charge in [0.1, 0.15) is 22.5 Å². The van der Waals surface area contributed by atoms with Crippen LogP contribution in [0, 0.1) is 11.3 Å². The highest BCUT2D eigenvalue weighted by Gasteiger charge is 2.52. The summed E-state index contributed by atoms with van der Waals surface area (Å²) in [7, 11) is 0. The number of carbonyl (C=O) groups is 3. The molecule has 2 aromatic carbocycles. The zero-order valence-electron chi connectivity index (χ0n) is 27.3. The molecule has 0 aliphatic carbocycles. The molecule has 46 heavy (non-hydrogen) atoms. The van der Waals surface area contributed by atoms with Crippen LogP contribution in [-0.2, 0) is 30.3 Å². The zero-order valence-corrected chi connectivity index (χ0v) is 28.0. The van der Waals surface area contributed by atoms with Gasteiger partial charge in [-0.25, -0.2) is 4.68 Å². The van der Waals surface area contributed by atoms with Gasteiger partial charge < -0.3 is 18.9 Å². The lowest BCUT2D eigenvalue weighted by Crippen LogP contribution is -2.49. The van der Waals surface area contributed by atoms with Gasteiger partial charge in [-0.2, -0.15) is 0 Å². The Labute approximate surface area is 273 Å². The summed E-state index contributed by atoms with van der Waals surface area (Å²) in [5.74, 6) is -1.37. The number of aromatic nitrogens is 3. The number of esters is 2. The molecule has 1 fully saturated rings. The van der Waals surface area contributed by atoms with Gasteiger partial charge in [-0.1, -0.05) is 16.8 Å². The van der Waals surface area contributed by atoms with Crippen molar-refractivity contribution < 1.29 is 33.3 Å². The van der Waals surface area contributed by atoms with E-state index >= 15 is 0 Å². The van der Waals surface area contributed by atoms with Crippen LogP contribution >= 0.6 is 11.6 Å². The van der Waals surface area contributed by atoms with E-state index in [4.69, 9.17) is 30.5 Å². The molecule has 3 aromatic rings. The minimum atomic E-state index is -2.11. The highest BCUT2D eigenvalue weighted by molar-refractivity contribution is 6.31. The maximum atomic E-state index is 14.0. The molecule has 0 amide bonds. The average molecular weight is 656 g/mol. The van der Waals surface area contributed by atoms with E-state index in [1.54, 1.807) is 77.9 Å². The lowest BCUT2D eigenvalue weighted by Gasteiger charge is -2.34. The summed E-state index contributed by atoms with van der Waals surface area (Å²) in [4.78, 5) is 55.1. The second kappa shape index (κ2) is 14.3. The van der Waals surface area contributed by atoms with E-state index < -0.39 is 46.3 Å². The Hall–Kier alpha value is -3.83. The average Bonchev–Trinajstić information content (AvgIpc) is 2.98. The van der Waals surface area contributed by atoms with Crippen LogP contribution in [0.2, 0.25) is 5.02 Å². The highest BCUT2D eigenvalue weighted by atomic mass is 35.5. The smallest absolute Gasteiger partial charge is 0.324 e. The molecular weight excluding hydrogens is 614 g/mol. The molecule has 0 radical (unpaired) electrons. The van der Waals surface area contributed by atoms with Crippen molar-refractivity contribution >= 4 is 40.2 Å². The third-order valence-electron chi connectivity index (χ3n) is 7.48. The standard InChI is InChI=1S/C34H42ClN3O8/c1-32(2,3)45-30(41)34(31(42)46-33(4,5)6,15-16-38-29(40)26-19-24(35)9-12-27(26)36-37-38)20-28(39)23-7-10-25(11-8-23)44-21-22-13-17-43-18-14-22/h7-12,19,22H,13-18,20-21H2,1-6H3. The molecule has 0 unspecified atom stereocenters. The third-order valence-corrected chi connectivity index (χ3v) is 7.71. The van der Waals surface area contributed by atoms with E-state index in [9.17, 15) is 19.2 Å². The first-order valence-corrected chi connectivity index (χ1v) is 15.8. The van der Waals surface area contributed by atoms with Gasteiger partial charge in [0.15, 0.2) is 11.2 Å². The minimum Gasteiger partial charge on any atom is -0.493 e. The molecule has 0 atom stereocenters. The topological polar surface area (TPSA) is 136 Å². The van der Waals surface area contributed by atoms with Crippen molar-refractivity contribution in [3.63, 3.8) is 0 Å². The van der Waals surface area contributed by atoms with Crippen molar-refractivity contribution in [2.45, 2.75) is 85.0 Å². The van der Waals surface area contributed by atoms with Gasteiger partial charge in [0.05, 0.1) is 12.0 Å². The summed E-state index contributed by atoms with van der Waals surface area (Å²) in [6.07, 6.45) is 0.966. The first-order valence-electron chi connectivity index (χ1n) is 15.4. The fourth-order valence-corrected chi connectivity index (χ4v) is 5.18. The van der Waals surface area contributed by atoms with Crippen molar-refractivity contribution in [1.82, 2.24) is 15.0 Å². The molecule has 0 spiro atoms. The van der Waals surface area contributed by atoms with Crippen LogP contribution in [0.3, 0.4) is 0 Å². The molecule has 4 rings (SSSR count). The molecule has 1 saturated heterocycles. The quantitative estimate of drug-likeness (QED) is 0.146. The van der Waals surface area contributed by atoms with Crippen LogP contribution in [-0.4, -0.2) is 63.7 Å². The Balaban J connectivity index is 1.66. The predicted octanol–water partition coefficient (Wildman–Crippen LogP) is 5.58. The van der Waals surface area contributed by atoms with Crippen molar-refractivity contribution in [3.05, 3.63) is 63.4 Å². The Morgan fingerprint density at radius 2 is 1.54 bits per heavy atom. The number of benzene rings is 2. The van der Waals surface area contributed by atoms with E-state index in [-0.39, 0.29) is 23.9 Å². The van der Waals surface area contributed by atoms with Crippen LogP contribution in [0.15, 0.2) is 47.3 Å². The lowest BCUT2D eigenvalue weighted by molar-refractivity contribution is -0.186. The van der Waals surface area contributed by atoms with Crippen molar-refractivity contribution in [2.24, 2.45) is 11.3 Å². The molecule has 12 heteroatoms. The number of hydrogen-bond donors (Lipinski definition) is 0. The Kier molecular flexibility index (Phi) is 10.9. The largest absolute Gasteiger partial charge is 0.493 e. The summed E-state index contributed by atoms with van der Waals surface area (Å²) in [6, 6.07) is 11.2. The van der Waals surface area contributed by atoms with Crippen LogP contribution in [0.5, 0.6) is 5.75 Å². The van der Waals surface area contributed by atoms with Crippen LogP contribution in [0.4, 0.5) is 0 Å². The third kappa shape index (κ3) is 9.13. The van der Waals surface area contributed by atoms with E-state index in [2.05, 4.69) is 10.3 Å². The van der Waals surface area contributed by atoms with Crippen LogP contribution in [0.1, 0.15) is 77.6 Å². The molecule has 0 bridgehead atoms. The van der Waals surface area contributed by atoms with Crippen molar-refractivity contribution in [2.75, 3.05) is 19.8 Å². The second-order valence-corrected chi connectivity index (χ2v) is 14.0. The van der Waals surface area contributed by atoms with Gasteiger partial charge in [0.25, 0.3) is 5.56 Å². The summed E-state index contributed by atoms with van der Waals surface area (Å²) < 4.78 is 23.8. The molecule has 2 heterocycles. The molecule has 1 aromatic heterocycles. The molecule has 0 N–H and O–H groups in total.